The molecular weight excluding hydrogens is 674 g/mol. The van der Waals surface area contributed by atoms with Crippen LogP contribution in [-0.2, 0) is 27.5 Å². The van der Waals surface area contributed by atoms with E-state index in [0.29, 0.717) is 50.9 Å². The molecule has 5 rings (SSSR count). The average molecular weight is 701 g/mol. The predicted molar refractivity (Wildman–Crippen MR) is 177 cm³/mol. The minimum atomic E-state index is -4.68. The number of methoxy groups -OCH3 is 1. The van der Waals surface area contributed by atoms with Crippen molar-refractivity contribution in [3.8, 4) is 11.3 Å². The van der Waals surface area contributed by atoms with Crippen LogP contribution in [0.15, 0.2) is 102 Å². The van der Waals surface area contributed by atoms with Crippen LogP contribution < -0.4 is 4.31 Å². The second-order valence-corrected chi connectivity index (χ2v) is 13.2. The molecule has 0 saturated heterocycles. The number of aromatic nitrogens is 2. The van der Waals surface area contributed by atoms with E-state index in [-0.39, 0.29) is 5.69 Å². The Labute approximate surface area is 279 Å². The number of anilines is 1. The zero-order valence-electron chi connectivity index (χ0n) is 24.9. The number of imidazole rings is 1. The van der Waals surface area contributed by atoms with Crippen molar-refractivity contribution < 1.29 is 31.1 Å². The molecule has 0 amide bonds. The molecule has 0 bridgehead atoms. The van der Waals surface area contributed by atoms with Crippen molar-refractivity contribution in [2.75, 3.05) is 18.5 Å². The molecule has 0 atom stereocenters. The third-order valence-corrected chi connectivity index (χ3v) is 9.57. The Balaban J connectivity index is 1.41. The molecule has 0 spiro atoms. The Kier molecular flexibility index (Phi) is 9.81. The van der Waals surface area contributed by atoms with Gasteiger partial charge in [-0.15, -0.1) is 0 Å². The van der Waals surface area contributed by atoms with E-state index >= 15 is 0 Å². The van der Waals surface area contributed by atoms with Gasteiger partial charge in [0, 0.05) is 30.4 Å². The van der Waals surface area contributed by atoms with E-state index in [1.165, 1.54) is 14.2 Å². The van der Waals surface area contributed by atoms with E-state index < -0.39 is 32.6 Å². The van der Waals surface area contributed by atoms with Crippen LogP contribution >= 0.6 is 23.2 Å². The fourth-order valence-electron chi connectivity index (χ4n) is 4.67. The molecule has 0 aliphatic heterocycles. The summed E-state index contributed by atoms with van der Waals surface area (Å²) in [6.07, 6.45) is 0.745. The zero-order chi connectivity index (χ0) is 33.9. The van der Waals surface area contributed by atoms with Gasteiger partial charge in [0.2, 0.25) is 0 Å². The molecule has 13 heteroatoms. The molecule has 242 valence electrons. The van der Waals surface area contributed by atoms with Crippen molar-refractivity contribution in [3.63, 3.8) is 0 Å². The number of rotatable bonds is 9. The van der Waals surface area contributed by atoms with Crippen molar-refractivity contribution >= 4 is 57.0 Å². The molecule has 0 N–H and O–H groups in total. The van der Waals surface area contributed by atoms with Crippen LogP contribution in [0.25, 0.3) is 23.4 Å². The van der Waals surface area contributed by atoms with Crippen LogP contribution in [0, 0.1) is 0 Å². The maximum Gasteiger partial charge on any atom is 0.416 e. The van der Waals surface area contributed by atoms with Gasteiger partial charge in [-0.25, -0.2) is 18.2 Å². The van der Waals surface area contributed by atoms with Gasteiger partial charge in [0.15, 0.2) is 0 Å². The first-order valence-electron chi connectivity index (χ1n) is 13.9. The van der Waals surface area contributed by atoms with Gasteiger partial charge in [0.05, 0.1) is 39.5 Å². The van der Waals surface area contributed by atoms with E-state index in [1.807, 2.05) is 22.9 Å². The van der Waals surface area contributed by atoms with E-state index in [4.69, 9.17) is 32.9 Å². The van der Waals surface area contributed by atoms with Gasteiger partial charge in [-0.1, -0.05) is 59.6 Å². The number of nitrogens with zero attached hydrogens (tertiary/aromatic N) is 3. The highest BCUT2D eigenvalue weighted by Gasteiger charge is 2.32. The quantitative estimate of drug-likeness (QED) is 0.144. The predicted octanol–water partition coefficient (Wildman–Crippen LogP) is 8.71. The third kappa shape index (κ3) is 7.70. The fraction of sp³-hybridized carbons (Fsp3) is 0.118. The lowest BCUT2D eigenvalue weighted by Gasteiger charge is -2.20. The molecular formula is C34H26Cl2F3N3O4S. The highest BCUT2D eigenvalue weighted by Crippen LogP contribution is 2.33. The first-order chi connectivity index (χ1) is 22.3. The van der Waals surface area contributed by atoms with E-state index in [1.54, 1.807) is 66.7 Å². The number of carbonyl (C=O) groups excluding carboxylic acids is 1. The molecule has 47 heavy (non-hydrogen) atoms. The number of sulfonamides is 1. The summed E-state index contributed by atoms with van der Waals surface area (Å²) in [5.41, 5.74) is 2.53. The largest absolute Gasteiger partial charge is 0.465 e. The summed E-state index contributed by atoms with van der Waals surface area (Å²) >= 11 is 12.6. The summed E-state index contributed by atoms with van der Waals surface area (Å²) < 4.78 is 73.4. The Morgan fingerprint density at radius 3 is 2.30 bits per heavy atom. The average Bonchev–Trinajstić information content (AvgIpc) is 3.45. The van der Waals surface area contributed by atoms with Crippen molar-refractivity contribution in [1.29, 1.82) is 0 Å². The molecule has 4 aromatic carbocycles. The molecule has 0 fully saturated rings. The molecule has 0 saturated carbocycles. The standard InChI is InChI=1S/C34H26Cl2F3N3O4S/c1-41(47(44,45)28-5-3-4-25(18-28)34(37,38)39)27-14-8-22(9-15-27)10-17-32-40-31(29-16-13-26(35)19-30(29)36)21-42(32)20-23-6-11-24(12-7-23)33(43)46-2/h3-19,21H,20H2,1-2H3. The lowest BCUT2D eigenvalue weighted by atomic mass is 10.1. The van der Waals surface area contributed by atoms with Crippen LogP contribution in [0.1, 0.15) is 32.9 Å². The van der Waals surface area contributed by atoms with Gasteiger partial charge in [0.1, 0.15) is 5.82 Å². The number of benzene rings is 4. The Bertz CT molecular complexity index is 2060. The topological polar surface area (TPSA) is 81.5 Å². The number of halogens is 5. The SMILES string of the molecule is COC(=O)c1ccc(Cn2cc(-c3ccc(Cl)cc3Cl)nc2C=Cc2ccc(N(C)S(=O)(=O)c3cccc(C(F)(F)F)c3)cc2)cc1. The van der Waals surface area contributed by atoms with Crippen molar-refractivity contribution in [3.05, 3.63) is 135 Å². The van der Waals surface area contributed by atoms with Gasteiger partial charge in [-0.3, -0.25) is 4.31 Å². The normalized spacial score (nSPS) is 12.0. The number of alkyl halides is 3. The summed E-state index contributed by atoms with van der Waals surface area (Å²) in [4.78, 5) is 16.2. The first kappa shape index (κ1) is 33.8. The van der Waals surface area contributed by atoms with Gasteiger partial charge < -0.3 is 9.30 Å². The summed E-state index contributed by atoms with van der Waals surface area (Å²) in [5.74, 6) is 0.143. The van der Waals surface area contributed by atoms with Gasteiger partial charge in [0.25, 0.3) is 10.0 Å². The Morgan fingerprint density at radius 1 is 0.957 bits per heavy atom. The van der Waals surface area contributed by atoms with Gasteiger partial charge in [-0.05, 0) is 77.9 Å². The molecule has 0 radical (unpaired) electrons. The summed E-state index contributed by atoms with van der Waals surface area (Å²) in [6, 6.07) is 22.2. The molecule has 1 aromatic heterocycles. The molecule has 0 aliphatic rings. The Morgan fingerprint density at radius 2 is 1.66 bits per heavy atom. The maximum atomic E-state index is 13.2. The lowest BCUT2D eigenvalue weighted by molar-refractivity contribution is -0.137. The van der Waals surface area contributed by atoms with E-state index in [9.17, 15) is 26.4 Å². The number of esters is 1. The van der Waals surface area contributed by atoms with Crippen molar-refractivity contribution in [1.82, 2.24) is 9.55 Å². The van der Waals surface area contributed by atoms with E-state index in [0.717, 1.165) is 28.1 Å². The summed E-state index contributed by atoms with van der Waals surface area (Å²) in [7, 11) is -1.67. The maximum absolute atomic E-state index is 13.2. The van der Waals surface area contributed by atoms with Crippen molar-refractivity contribution in [2.24, 2.45) is 0 Å². The second kappa shape index (κ2) is 13.6. The zero-order valence-corrected chi connectivity index (χ0v) is 27.2. The van der Waals surface area contributed by atoms with Gasteiger partial charge >= 0.3 is 12.1 Å². The van der Waals surface area contributed by atoms with Crippen molar-refractivity contribution in [2.45, 2.75) is 17.6 Å². The summed E-state index contributed by atoms with van der Waals surface area (Å²) in [6.45, 7) is 0.413. The first-order valence-corrected chi connectivity index (χ1v) is 16.1. The number of hydrogen-bond donors (Lipinski definition) is 0. The number of hydrogen-bond acceptors (Lipinski definition) is 5. The molecule has 1 heterocycles. The van der Waals surface area contributed by atoms with Crippen LogP contribution in [-0.4, -0.2) is 38.1 Å². The van der Waals surface area contributed by atoms with Gasteiger partial charge in [-0.2, -0.15) is 13.2 Å². The lowest BCUT2D eigenvalue weighted by Crippen LogP contribution is -2.26. The summed E-state index contributed by atoms with van der Waals surface area (Å²) in [5, 5.41) is 0.917. The van der Waals surface area contributed by atoms with Crippen LogP contribution in [0.5, 0.6) is 0 Å². The molecule has 0 aliphatic carbocycles. The smallest absolute Gasteiger partial charge is 0.416 e. The highest BCUT2D eigenvalue weighted by molar-refractivity contribution is 7.92. The number of ether oxygens (including phenoxy) is 1. The number of carbonyl (C=O) groups is 1. The highest BCUT2D eigenvalue weighted by atomic mass is 35.5. The molecule has 5 aromatic rings. The molecule has 0 unspecified atom stereocenters. The Hall–Kier alpha value is -4.58. The minimum Gasteiger partial charge on any atom is -0.465 e. The van der Waals surface area contributed by atoms with E-state index in [2.05, 4.69) is 0 Å². The fourth-order valence-corrected chi connectivity index (χ4v) is 6.42. The van der Waals surface area contributed by atoms with Crippen LogP contribution in [0.3, 0.4) is 0 Å². The van der Waals surface area contributed by atoms with Crippen LogP contribution in [0.4, 0.5) is 18.9 Å². The second-order valence-electron chi connectivity index (χ2n) is 10.3. The van der Waals surface area contributed by atoms with Crippen LogP contribution in [0.2, 0.25) is 10.0 Å². The monoisotopic (exact) mass is 699 g/mol. The minimum absolute atomic E-state index is 0.260. The molecule has 7 nitrogen and oxygen atoms in total. The third-order valence-electron chi connectivity index (χ3n) is 7.24.